The Labute approximate surface area is 203 Å². The Hall–Kier alpha value is -2.90. The first-order valence-corrected chi connectivity index (χ1v) is 12.3. The van der Waals surface area contributed by atoms with Crippen molar-refractivity contribution in [3.8, 4) is 0 Å². The van der Waals surface area contributed by atoms with Crippen LogP contribution in [0.4, 0.5) is 0 Å². The number of amides is 2. The highest BCUT2D eigenvalue weighted by Crippen LogP contribution is 2.27. The zero-order valence-electron chi connectivity index (χ0n) is 20.7. The number of esters is 1. The predicted octanol–water partition coefficient (Wildman–Crippen LogP) is 3.16. The van der Waals surface area contributed by atoms with Gasteiger partial charge in [-0.25, -0.2) is 0 Å². The van der Waals surface area contributed by atoms with Crippen molar-refractivity contribution in [3.63, 3.8) is 0 Å². The first kappa shape index (κ1) is 27.3. The van der Waals surface area contributed by atoms with E-state index in [2.05, 4.69) is 16.0 Å². The first-order chi connectivity index (χ1) is 16.3. The molecule has 1 aromatic rings. The van der Waals surface area contributed by atoms with Gasteiger partial charge in [0.15, 0.2) is 5.96 Å². The molecular weight excluding hydrogens is 432 g/mol. The van der Waals surface area contributed by atoms with Crippen LogP contribution in [0.3, 0.4) is 0 Å². The molecule has 1 aliphatic carbocycles. The van der Waals surface area contributed by atoms with E-state index in [1.165, 1.54) is 13.5 Å². The number of carbonyl (C=O) groups excluding carboxylic acids is 3. The number of hydrogen-bond donors (Lipinski definition) is 4. The average molecular weight is 473 g/mol. The SMILES string of the molecule is COC(=O)C(CC(=O)NC(=N)N[C@H](CC1CCCCC1)C(=O)NCC(C)C)Cc1ccccc1. The highest BCUT2D eigenvalue weighted by atomic mass is 16.5. The minimum Gasteiger partial charge on any atom is -0.469 e. The molecule has 1 unspecified atom stereocenters. The predicted molar refractivity (Wildman–Crippen MR) is 132 cm³/mol. The van der Waals surface area contributed by atoms with E-state index in [1.54, 1.807) is 0 Å². The second-order valence-corrected chi connectivity index (χ2v) is 9.61. The lowest BCUT2D eigenvalue weighted by atomic mass is 9.84. The van der Waals surface area contributed by atoms with Gasteiger partial charge in [0.2, 0.25) is 11.8 Å². The summed E-state index contributed by atoms with van der Waals surface area (Å²) in [6.45, 7) is 4.61. The Morgan fingerprint density at radius 3 is 2.38 bits per heavy atom. The van der Waals surface area contributed by atoms with Crippen LogP contribution in [0.2, 0.25) is 0 Å². The van der Waals surface area contributed by atoms with E-state index in [4.69, 9.17) is 10.1 Å². The van der Waals surface area contributed by atoms with Crippen LogP contribution in [-0.2, 0) is 25.5 Å². The Kier molecular flexibility index (Phi) is 11.6. The van der Waals surface area contributed by atoms with E-state index in [9.17, 15) is 14.4 Å². The summed E-state index contributed by atoms with van der Waals surface area (Å²) in [4.78, 5) is 37.7. The lowest BCUT2D eigenvalue weighted by Gasteiger charge is -2.27. The third-order valence-electron chi connectivity index (χ3n) is 6.17. The smallest absolute Gasteiger partial charge is 0.309 e. The molecule has 2 rings (SSSR count). The van der Waals surface area contributed by atoms with E-state index in [0.29, 0.717) is 31.2 Å². The van der Waals surface area contributed by atoms with Crippen molar-refractivity contribution in [2.75, 3.05) is 13.7 Å². The van der Waals surface area contributed by atoms with Gasteiger partial charge in [0.1, 0.15) is 6.04 Å². The number of methoxy groups -OCH3 is 1. The number of ether oxygens (including phenoxy) is 1. The van der Waals surface area contributed by atoms with Gasteiger partial charge in [0.05, 0.1) is 13.0 Å². The maximum Gasteiger partial charge on any atom is 0.309 e. The molecule has 0 saturated heterocycles. The maximum atomic E-state index is 12.8. The van der Waals surface area contributed by atoms with Crippen molar-refractivity contribution >= 4 is 23.7 Å². The van der Waals surface area contributed by atoms with Gasteiger partial charge in [-0.05, 0) is 30.2 Å². The summed E-state index contributed by atoms with van der Waals surface area (Å²) in [7, 11) is 1.30. The summed E-state index contributed by atoms with van der Waals surface area (Å²) in [6.07, 6.45) is 6.59. The van der Waals surface area contributed by atoms with Gasteiger partial charge in [-0.1, -0.05) is 76.3 Å². The van der Waals surface area contributed by atoms with Gasteiger partial charge in [-0.3, -0.25) is 25.1 Å². The van der Waals surface area contributed by atoms with Crippen molar-refractivity contribution in [1.29, 1.82) is 5.41 Å². The summed E-state index contributed by atoms with van der Waals surface area (Å²) in [5.41, 5.74) is 0.924. The Balaban J connectivity index is 1.96. The second kappa shape index (κ2) is 14.4. The molecule has 0 bridgehead atoms. The molecule has 1 aliphatic rings. The van der Waals surface area contributed by atoms with Crippen LogP contribution in [-0.4, -0.2) is 43.4 Å². The largest absolute Gasteiger partial charge is 0.469 e. The molecule has 0 heterocycles. The number of carbonyl (C=O) groups is 3. The van der Waals surface area contributed by atoms with E-state index >= 15 is 0 Å². The third kappa shape index (κ3) is 9.93. The van der Waals surface area contributed by atoms with Crippen molar-refractivity contribution in [2.24, 2.45) is 17.8 Å². The number of guanidine groups is 1. The standard InChI is InChI=1S/C26H40N4O4/c1-18(2)17-28-24(32)22(15-20-12-8-5-9-13-20)29-26(27)30-23(31)16-21(25(33)34-3)14-19-10-6-4-7-11-19/h4,6-7,10-11,18,20-22H,5,8-9,12-17H2,1-3H3,(H,28,32)(H3,27,29,30,31)/t21?,22-/m1/s1. The molecule has 0 aromatic heterocycles. The summed E-state index contributed by atoms with van der Waals surface area (Å²) < 4.78 is 4.88. The molecule has 8 nitrogen and oxygen atoms in total. The molecule has 1 aromatic carbocycles. The van der Waals surface area contributed by atoms with Gasteiger partial charge < -0.3 is 15.4 Å². The second-order valence-electron chi connectivity index (χ2n) is 9.61. The molecule has 1 saturated carbocycles. The molecule has 2 amide bonds. The number of benzene rings is 1. The molecular formula is C26H40N4O4. The number of nitrogens with one attached hydrogen (secondary N) is 4. The van der Waals surface area contributed by atoms with Crippen molar-refractivity contribution in [3.05, 3.63) is 35.9 Å². The molecule has 1 fully saturated rings. The van der Waals surface area contributed by atoms with Gasteiger partial charge in [-0.15, -0.1) is 0 Å². The summed E-state index contributed by atoms with van der Waals surface area (Å²) in [5.74, 6) is -1.24. The lowest BCUT2D eigenvalue weighted by molar-refractivity contribution is -0.147. The Morgan fingerprint density at radius 2 is 1.76 bits per heavy atom. The van der Waals surface area contributed by atoms with Crippen molar-refractivity contribution in [1.82, 2.24) is 16.0 Å². The zero-order chi connectivity index (χ0) is 24.9. The fourth-order valence-electron chi connectivity index (χ4n) is 4.34. The van der Waals surface area contributed by atoms with Crippen LogP contribution in [0, 0.1) is 23.2 Å². The number of hydrogen-bond acceptors (Lipinski definition) is 5. The highest BCUT2D eigenvalue weighted by Gasteiger charge is 2.27. The molecule has 188 valence electrons. The molecule has 2 atom stereocenters. The average Bonchev–Trinajstić information content (AvgIpc) is 2.82. The van der Waals surface area contributed by atoms with Gasteiger partial charge in [0, 0.05) is 13.0 Å². The van der Waals surface area contributed by atoms with E-state index in [1.807, 2.05) is 44.2 Å². The van der Waals surface area contributed by atoms with Crippen molar-refractivity contribution < 1.29 is 19.1 Å². The summed E-state index contributed by atoms with van der Waals surface area (Å²) in [6, 6.07) is 8.83. The minimum atomic E-state index is -0.660. The molecule has 8 heteroatoms. The monoisotopic (exact) mass is 472 g/mol. The van der Waals surface area contributed by atoms with Gasteiger partial charge in [0.25, 0.3) is 0 Å². The Bertz CT molecular complexity index is 806. The van der Waals surface area contributed by atoms with E-state index in [-0.39, 0.29) is 18.3 Å². The van der Waals surface area contributed by atoms with Crippen molar-refractivity contribution in [2.45, 2.75) is 71.3 Å². The third-order valence-corrected chi connectivity index (χ3v) is 6.17. The van der Waals surface area contributed by atoms with Crippen LogP contribution in [0.15, 0.2) is 30.3 Å². The van der Waals surface area contributed by atoms with Crippen LogP contribution < -0.4 is 16.0 Å². The van der Waals surface area contributed by atoms with Crippen LogP contribution in [0.25, 0.3) is 0 Å². The molecule has 0 aliphatic heterocycles. The minimum absolute atomic E-state index is 0.113. The van der Waals surface area contributed by atoms with Crippen LogP contribution in [0.1, 0.15) is 64.4 Å². The molecule has 4 N–H and O–H groups in total. The van der Waals surface area contributed by atoms with E-state index < -0.39 is 23.8 Å². The molecule has 34 heavy (non-hydrogen) atoms. The fraction of sp³-hybridized carbons (Fsp3) is 0.615. The normalized spacial score (nSPS) is 15.8. The summed E-state index contributed by atoms with van der Waals surface area (Å²) >= 11 is 0. The Morgan fingerprint density at radius 1 is 1.09 bits per heavy atom. The maximum absolute atomic E-state index is 12.8. The van der Waals surface area contributed by atoms with Crippen LogP contribution >= 0.6 is 0 Å². The molecule has 0 radical (unpaired) electrons. The fourth-order valence-corrected chi connectivity index (χ4v) is 4.34. The molecule has 0 spiro atoms. The first-order valence-electron chi connectivity index (χ1n) is 12.3. The highest BCUT2D eigenvalue weighted by molar-refractivity contribution is 5.98. The number of rotatable bonds is 11. The summed E-state index contributed by atoms with van der Waals surface area (Å²) in [5, 5.41) is 16.6. The zero-order valence-corrected chi connectivity index (χ0v) is 20.7. The van der Waals surface area contributed by atoms with Gasteiger partial charge >= 0.3 is 5.97 Å². The lowest BCUT2D eigenvalue weighted by Crippen LogP contribution is -2.52. The van der Waals surface area contributed by atoms with E-state index in [0.717, 1.165) is 31.2 Å². The van der Waals surface area contributed by atoms with Crippen LogP contribution in [0.5, 0.6) is 0 Å². The topological polar surface area (TPSA) is 120 Å². The van der Waals surface area contributed by atoms with Gasteiger partial charge in [-0.2, -0.15) is 0 Å². The quantitative estimate of drug-likeness (QED) is 0.224.